The van der Waals surface area contributed by atoms with Crippen LogP contribution >= 0.6 is 11.6 Å². The van der Waals surface area contributed by atoms with E-state index in [2.05, 4.69) is 29.2 Å². The van der Waals surface area contributed by atoms with Gasteiger partial charge in [0.2, 0.25) is 0 Å². The van der Waals surface area contributed by atoms with E-state index in [1.54, 1.807) is 23.1 Å². The standard InChI is InChI=1S/C21H22ClN3O3/c1-23(13-15-2-5-17(6-3-15)24-8-10-28-11-9-24)14-25-19-7-4-16(22)12-18(19)20(26)21(25)27/h2-7,12H,8-11,13-14H2,1H3/p+1. The third-order valence-corrected chi connectivity index (χ3v) is 5.42. The van der Waals surface area contributed by atoms with Crippen molar-refractivity contribution in [2.24, 2.45) is 0 Å². The molecule has 2 aromatic rings. The molecule has 1 N–H and O–H groups in total. The molecule has 0 spiro atoms. The van der Waals surface area contributed by atoms with Gasteiger partial charge in [0.15, 0.2) is 6.67 Å². The number of carbonyl (C=O) groups excluding carboxylic acids is 2. The number of amides is 1. The lowest BCUT2D eigenvalue weighted by molar-refractivity contribution is -0.892. The summed E-state index contributed by atoms with van der Waals surface area (Å²) in [5.74, 6) is -0.973. The van der Waals surface area contributed by atoms with Crippen molar-refractivity contribution < 1.29 is 19.2 Å². The average molecular weight is 401 g/mol. The van der Waals surface area contributed by atoms with Crippen molar-refractivity contribution in [1.29, 1.82) is 0 Å². The molecule has 146 valence electrons. The van der Waals surface area contributed by atoms with Crippen molar-refractivity contribution in [2.75, 3.05) is 49.8 Å². The third kappa shape index (κ3) is 3.76. The number of hydrogen-bond acceptors (Lipinski definition) is 4. The van der Waals surface area contributed by atoms with Crippen molar-refractivity contribution in [3.63, 3.8) is 0 Å². The molecule has 1 unspecified atom stereocenters. The fraction of sp³-hybridized carbons (Fsp3) is 0.333. The molecule has 0 bridgehead atoms. The minimum Gasteiger partial charge on any atom is -0.378 e. The smallest absolute Gasteiger partial charge is 0.303 e. The SMILES string of the molecule is C[NH+](Cc1ccc(N2CCOCC2)cc1)CN1C(=O)C(=O)c2cc(Cl)ccc21. The Bertz CT molecular complexity index is 894. The van der Waals surface area contributed by atoms with E-state index < -0.39 is 11.7 Å². The second-order valence-electron chi connectivity index (χ2n) is 7.28. The molecule has 2 aliphatic rings. The van der Waals surface area contributed by atoms with Gasteiger partial charge in [-0.3, -0.25) is 14.5 Å². The van der Waals surface area contributed by atoms with Gasteiger partial charge >= 0.3 is 5.91 Å². The monoisotopic (exact) mass is 400 g/mol. The van der Waals surface area contributed by atoms with Crippen LogP contribution < -0.4 is 14.7 Å². The quantitative estimate of drug-likeness (QED) is 0.770. The summed E-state index contributed by atoms with van der Waals surface area (Å²) >= 11 is 5.97. The minimum atomic E-state index is -0.487. The van der Waals surface area contributed by atoms with Crippen LogP contribution in [0.4, 0.5) is 11.4 Å². The van der Waals surface area contributed by atoms with Crippen LogP contribution in [0.2, 0.25) is 5.02 Å². The number of quaternary nitrogens is 1. The largest absolute Gasteiger partial charge is 0.378 e. The van der Waals surface area contributed by atoms with Gasteiger partial charge in [-0.15, -0.1) is 0 Å². The highest BCUT2D eigenvalue weighted by molar-refractivity contribution is 6.52. The second-order valence-corrected chi connectivity index (χ2v) is 7.72. The first-order valence-electron chi connectivity index (χ1n) is 9.41. The van der Waals surface area contributed by atoms with E-state index in [0.29, 0.717) is 22.9 Å². The molecule has 2 aromatic carbocycles. The van der Waals surface area contributed by atoms with Crippen molar-refractivity contribution in [1.82, 2.24) is 0 Å². The molecule has 1 atom stereocenters. The number of fused-ring (bicyclic) bond motifs is 1. The molecule has 4 rings (SSSR count). The van der Waals surface area contributed by atoms with Crippen molar-refractivity contribution in [2.45, 2.75) is 6.54 Å². The number of Topliss-reactive ketones (excluding diaryl/α,β-unsaturated/α-hetero) is 1. The van der Waals surface area contributed by atoms with Gasteiger partial charge in [0.05, 0.1) is 31.5 Å². The van der Waals surface area contributed by atoms with E-state index in [-0.39, 0.29) is 0 Å². The fourth-order valence-corrected chi connectivity index (χ4v) is 3.92. The molecular weight excluding hydrogens is 378 g/mol. The van der Waals surface area contributed by atoms with Gasteiger partial charge in [-0.1, -0.05) is 23.7 Å². The first kappa shape index (κ1) is 18.9. The maximum absolute atomic E-state index is 12.4. The van der Waals surface area contributed by atoms with E-state index >= 15 is 0 Å². The topological polar surface area (TPSA) is 54.3 Å². The molecule has 0 saturated carbocycles. The van der Waals surface area contributed by atoms with Crippen LogP contribution in [0, 0.1) is 0 Å². The number of halogens is 1. The minimum absolute atomic E-state index is 0.389. The first-order valence-corrected chi connectivity index (χ1v) is 9.79. The molecule has 0 radical (unpaired) electrons. The van der Waals surface area contributed by atoms with Gasteiger partial charge < -0.3 is 14.5 Å². The van der Waals surface area contributed by atoms with Gasteiger partial charge in [0, 0.05) is 29.4 Å². The van der Waals surface area contributed by atoms with E-state index in [0.717, 1.165) is 37.7 Å². The first-order chi connectivity index (χ1) is 13.5. The molecule has 28 heavy (non-hydrogen) atoms. The normalized spacial score (nSPS) is 17.8. The Morgan fingerprint density at radius 2 is 1.79 bits per heavy atom. The van der Waals surface area contributed by atoms with Crippen LogP contribution in [0.15, 0.2) is 42.5 Å². The van der Waals surface area contributed by atoms with Crippen LogP contribution in [0.5, 0.6) is 0 Å². The molecule has 1 amide bonds. The Balaban J connectivity index is 1.41. The molecular formula is C21H23ClN3O3+. The summed E-state index contributed by atoms with van der Waals surface area (Å²) in [5, 5.41) is 0.461. The highest BCUT2D eigenvalue weighted by Crippen LogP contribution is 2.30. The lowest BCUT2D eigenvalue weighted by Crippen LogP contribution is -3.09. The van der Waals surface area contributed by atoms with Gasteiger partial charge in [-0.25, -0.2) is 0 Å². The van der Waals surface area contributed by atoms with Crippen molar-refractivity contribution in [3.05, 3.63) is 58.6 Å². The Labute approximate surface area is 169 Å². The number of morpholine rings is 1. The summed E-state index contributed by atoms with van der Waals surface area (Å²) in [6, 6.07) is 13.5. The summed E-state index contributed by atoms with van der Waals surface area (Å²) in [6.45, 7) is 4.54. The van der Waals surface area contributed by atoms with E-state index in [1.807, 2.05) is 7.05 Å². The van der Waals surface area contributed by atoms with Crippen molar-refractivity contribution >= 4 is 34.7 Å². The summed E-state index contributed by atoms with van der Waals surface area (Å²) in [4.78, 5) is 29.6. The number of ketones is 1. The number of rotatable bonds is 5. The summed E-state index contributed by atoms with van der Waals surface area (Å²) < 4.78 is 5.40. The molecule has 0 aromatic heterocycles. The van der Waals surface area contributed by atoms with E-state index in [1.165, 1.54) is 11.3 Å². The van der Waals surface area contributed by atoms with Crippen LogP contribution in [0.3, 0.4) is 0 Å². The predicted octanol–water partition coefficient (Wildman–Crippen LogP) is 1.38. The van der Waals surface area contributed by atoms with Crippen LogP contribution in [0.25, 0.3) is 0 Å². The number of carbonyl (C=O) groups is 2. The molecule has 2 aliphatic heterocycles. The molecule has 1 saturated heterocycles. The Morgan fingerprint density at radius 3 is 2.50 bits per heavy atom. The van der Waals surface area contributed by atoms with Gasteiger partial charge in [-0.2, -0.15) is 0 Å². The van der Waals surface area contributed by atoms with Crippen LogP contribution in [-0.4, -0.2) is 51.7 Å². The highest BCUT2D eigenvalue weighted by atomic mass is 35.5. The Morgan fingerprint density at radius 1 is 1.07 bits per heavy atom. The zero-order chi connectivity index (χ0) is 19.7. The number of nitrogens with one attached hydrogen (secondary N) is 1. The zero-order valence-corrected chi connectivity index (χ0v) is 16.5. The molecule has 2 heterocycles. The Kier molecular flexibility index (Phi) is 5.35. The van der Waals surface area contributed by atoms with Crippen molar-refractivity contribution in [3.8, 4) is 0 Å². The number of benzene rings is 2. The van der Waals surface area contributed by atoms with Crippen LogP contribution in [0.1, 0.15) is 15.9 Å². The summed E-state index contributed by atoms with van der Waals surface area (Å²) in [6.07, 6.45) is 0. The number of hydrogen-bond donors (Lipinski definition) is 1. The lowest BCUT2D eigenvalue weighted by Gasteiger charge is -2.29. The predicted molar refractivity (Wildman–Crippen MR) is 108 cm³/mol. The zero-order valence-electron chi connectivity index (χ0n) is 15.8. The number of ether oxygens (including phenoxy) is 1. The number of anilines is 2. The van der Waals surface area contributed by atoms with Crippen LogP contribution in [-0.2, 0) is 16.1 Å². The third-order valence-electron chi connectivity index (χ3n) is 5.18. The lowest BCUT2D eigenvalue weighted by atomic mass is 10.1. The van der Waals surface area contributed by atoms with E-state index in [4.69, 9.17) is 16.3 Å². The average Bonchev–Trinajstić information content (AvgIpc) is 2.93. The Hall–Kier alpha value is -2.41. The second kappa shape index (κ2) is 7.91. The maximum Gasteiger partial charge on any atom is 0.303 e. The molecule has 0 aliphatic carbocycles. The molecule has 6 nitrogen and oxygen atoms in total. The van der Waals surface area contributed by atoms with Gasteiger partial charge in [-0.05, 0) is 30.3 Å². The summed E-state index contributed by atoms with van der Waals surface area (Å²) in [7, 11) is 2.02. The van der Waals surface area contributed by atoms with E-state index in [9.17, 15) is 9.59 Å². The summed E-state index contributed by atoms with van der Waals surface area (Å²) in [5.41, 5.74) is 3.42. The fourth-order valence-electron chi connectivity index (χ4n) is 3.75. The molecule has 1 fully saturated rings. The molecule has 7 heteroatoms. The maximum atomic E-state index is 12.4. The highest BCUT2D eigenvalue weighted by Gasteiger charge is 2.37. The van der Waals surface area contributed by atoms with Gasteiger partial charge in [0.1, 0.15) is 6.54 Å². The number of nitrogens with zero attached hydrogens (tertiary/aromatic N) is 2. The van der Waals surface area contributed by atoms with Gasteiger partial charge in [0.25, 0.3) is 5.78 Å².